The summed E-state index contributed by atoms with van der Waals surface area (Å²) >= 11 is 0. The van der Waals surface area contributed by atoms with Crippen molar-refractivity contribution in [2.45, 2.75) is 12.8 Å². The van der Waals surface area contributed by atoms with Gasteiger partial charge in [-0.15, -0.1) is 0 Å². The summed E-state index contributed by atoms with van der Waals surface area (Å²) in [4.78, 5) is 26.9. The van der Waals surface area contributed by atoms with Gasteiger partial charge in [-0.1, -0.05) is 24.3 Å². The second kappa shape index (κ2) is 10.4. The van der Waals surface area contributed by atoms with Crippen molar-refractivity contribution in [3.63, 3.8) is 0 Å². The van der Waals surface area contributed by atoms with E-state index in [9.17, 15) is 9.59 Å². The van der Waals surface area contributed by atoms with E-state index in [4.69, 9.17) is 16.3 Å². The summed E-state index contributed by atoms with van der Waals surface area (Å²) in [6.45, 7) is 1.87. The summed E-state index contributed by atoms with van der Waals surface area (Å²) in [5.74, 6) is -1.49. The summed E-state index contributed by atoms with van der Waals surface area (Å²) < 4.78 is 0. The van der Waals surface area contributed by atoms with Gasteiger partial charge in [0.2, 0.25) is 11.8 Å². The van der Waals surface area contributed by atoms with Crippen molar-refractivity contribution < 1.29 is 9.59 Å². The highest BCUT2D eigenvalue weighted by molar-refractivity contribution is 5.88. The number of carbonyl (C=O) groups is 2. The number of primary amides is 1. The van der Waals surface area contributed by atoms with E-state index >= 15 is 0 Å². The number of amides is 2. The first-order chi connectivity index (χ1) is 15.0. The molecular formula is C24H25N5O2. The fraction of sp³-hybridized carbons (Fsp3) is 0.333. The van der Waals surface area contributed by atoms with E-state index in [0.717, 1.165) is 11.1 Å². The molecule has 2 aromatic rings. The lowest BCUT2D eigenvalue weighted by Crippen LogP contribution is -2.44. The van der Waals surface area contributed by atoms with E-state index < -0.39 is 17.7 Å². The van der Waals surface area contributed by atoms with Gasteiger partial charge in [0.15, 0.2) is 0 Å². The van der Waals surface area contributed by atoms with Crippen LogP contribution in [0.3, 0.4) is 0 Å². The summed E-state index contributed by atoms with van der Waals surface area (Å²) in [6, 6.07) is 18.8. The Morgan fingerprint density at radius 3 is 1.74 bits per heavy atom. The normalized spacial score (nSPS) is 17.5. The van der Waals surface area contributed by atoms with Crippen LogP contribution in [0.5, 0.6) is 0 Å². The Balaban J connectivity index is 1.71. The monoisotopic (exact) mass is 415 g/mol. The van der Waals surface area contributed by atoms with Crippen molar-refractivity contribution >= 4 is 11.8 Å². The predicted molar refractivity (Wildman–Crippen MR) is 115 cm³/mol. The van der Waals surface area contributed by atoms with Crippen LogP contribution in [0.1, 0.15) is 22.3 Å². The molecule has 31 heavy (non-hydrogen) atoms. The van der Waals surface area contributed by atoms with Crippen molar-refractivity contribution in [1.29, 1.82) is 10.5 Å². The molecule has 2 unspecified atom stereocenters. The first kappa shape index (κ1) is 22.0. The molecule has 0 saturated carbocycles. The van der Waals surface area contributed by atoms with Crippen LogP contribution in [0.2, 0.25) is 0 Å². The van der Waals surface area contributed by atoms with Gasteiger partial charge in [0.25, 0.3) is 0 Å². The summed E-state index contributed by atoms with van der Waals surface area (Å²) in [5.41, 5.74) is 8.77. The number of nitriles is 2. The molecule has 158 valence electrons. The maximum atomic E-state index is 13.3. The van der Waals surface area contributed by atoms with Gasteiger partial charge >= 0.3 is 0 Å². The van der Waals surface area contributed by atoms with E-state index in [-0.39, 0.29) is 5.91 Å². The van der Waals surface area contributed by atoms with Gasteiger partial charge in [-0.25, -0.2) is 0 Å². The van der Waals surface area contributed by atoms with Crippen LogP contribution in [-0.4, -0.2) is 42.9 Å². The minimum absolute atomic E-state index is 0.0731. The standard InChI is InChI=1S/C24H25N5O2/c25-13-19-5-1-17(2-6-19)9-11-29(12-10-18-3-7-20(14-26)8-4-18)24(31)22-16-28-15-21(22)23(27)30/h1-8,21-22,28H,9-12,15-16H2,(H2,27,30). The zero-order valence-corrected chi connectivity index (χ0v) is 17.3. The number of carbonyl (C=O) groups excluding carboxylic acids is 2. The quantitative estimate of drug-likeness (QED) is 0.674. The highest BCUT2D eigenvalue weighted by Crippen LogP contribution is 2.20. The van der Waals surface area contributed by atoms with Gasteiger partial charge in [0.05, 0.1) is 35.1 Å². The third-order valence-corrected chi connectivity index (χ3v) is 5.72. The predicted octanol–water partition coefficient (Wildman–Crippen LogP) is 1.36. The number of benzene rings is 2. The van der Waals surface area contributed by atoms with Gasteiger partial charge in [-0.2, -0.15) is 10.5 Å². The van der Waals surface area contributed by atoms with Crippen molar-refractivity contribution in [2.75, 3.05) is 26.2 Å². The van der Waals surface area contributed by atoms with Crippen molar-refractivity contribution in [2.24, 2.45) is 17.6 Å². The Kier molecular flexibility index (Phi) is 7.37. The molecule has 0 spiro atoms. The smallest absolute Gasteiger partial charge is 0.227 e. The number of nitrogens with two attached hydrogens (primary N) is 1. The molecule has 1 heterocycles. The molecule has 0 aliphatic carbocycles. The molecule has 0 bridgehead atoms. The maximum Gasteiger partial charge on any atom is 0.227 e. The van der Waals surface area contributed by atoms with E-state index in [1.807, 2.05) is 24.3 Å². The molecule has 1 aliphatic heterocycles. The van der Waals surface area contributed by atoms with Gasteiger partial charge < -0.3 is 16.0 Å². The molecule has 0 radical (unpaired) electrons. The molecule has 3 rings (SSSR count). The molecule has 3 N–H and O–H groups in total. The van der Waals surface area contributed by atoms with Crippen LogP contribution in [-0.2, 0) is 22.4 Å². The fourth-order valence-electron chi connectivity index (χ4n) is 3.82. The van der Waals surface area contributed by atoms with Crippen molar-refractivity contribution in [3.05, 3.63) is 70.8 Å². The molecule has 1 aliphatic rings. The minimum atomic E-state index is -0.500. The lowest BCUT2D eigenvalue weighted by Gasteiger charge is -2.27. The van der Waals surface area contributed by atoms with E-state index in [0.29, 0.717) is 50.1 Å². The van der Waals surface area contributed by atoms with E-state index in [1.165, 1.54) is 0 Å². The molecule has 7 heteroatoms. The van der Waals surface area contributed by atoms with Crippen LogP contribution in [0.15, 0.2) is 48.5 Å². The summed E-state index contributed by atoms with van der Waals surface area (Å²) in [7, 11) is 0. The van der Waals surface area contributed by atoms with E-state index in [1.54, 1.807) is 29.2 Å². The van der Waals surface area contributed by atoms with Crippen molar-refractivity contribution in [3.8, 4) is 12.1 Å². The molecule has 0 aromatic heterocycles. The van der Waals surface area contributed by atoms with Gasteiger partial charge in [0.1, 0.15) is 0 Å². The van der Waals surface area contributed by atoms with Gasteiger partial charge in [-0.05, 0) is 48.2 Å². The Morgan fingerprint density at radius 1 is 0.871 bits per heavy atom. The molecule has 1 fully saturated rings. The van der Waals surface area contributed by atoms with Crippen LogP contribution in [0.25, 0.3) is 0 Å². The Labute approximate surface area is 182 Å². The molecule has 2 aromatic carbocycles. The summed E-state index contributed by atoms with van der Waals surface area (Å²) in [6.07, 6.45) is 1.29. The third-order valence-electron chi connectivity index (χ3n) is 5.72. The Morgan fingerprint density at radius 2 is 1.32 bits per heavy atom. The number of nitrogens with zero attached hydrogens (tertiary/aromatic N) is 3. The highest BCUT2D eigenvalue weighted by Gasteiger charge is 2.38. The Bertz CT molecular complexity index is 941. The lowest BCUT2D eigenvalue weighted by molar-refractivity contribution is -0.139. The fourth-order valence-corrected chi connectivity index (χ4v) is 3.82. The third kappa shape index (κ3) is 5.69. The average Bonchev–Trinajstić information content (AvgIpc) is 3.30. The number of rotatable bonds is 8. The first-order valence-electron chi connectivity index (χ1n) is 10.3. The lowest BCUT2D eigenvalue weighted by atomic mass is 9.93. The first-order valence-corrected chi connectivity index (χ1v) is 10.3. The van der Waals surface area contributed by atoms with Crippen LogP contribution >= 0.6 is 0 Å². The molecule has 2 atom stereocenters. The average molecular weight is 415 g/mol. The SMILES string of the molecule is N#Cc1ccc(CCN(CCc2ccc(C#N)cc2)C(=O)C2CNCC2C(N)=O)cc1. The number of hydrogen-bond acceptors (Lipinski definition) is 5. The summed E-state index contributed by atoms with van der Waals surface area (Å²) in [5, 5.41) is 21.0. The van der Waals surface area contributed by atoms with E-state index in [2.05, 4.69) is 17.5 Å². The highest BCUT2D eigenvalue weighted by atomic mass is 16.2. The topological polar surface area (TPSA) is 123 Å². The zero-order valence-electron chi connectivity index (χ0n) is 17.3. The van der Waals surface area contributed by atoms with Crippen molar-refractivity contribution in [1.82, 2.24) is 10.2 Å². The molecule has 2 amide bonds. The van der Waals surface area contributed by atoms with Gasteiger partial charge in [0, 0.05) is 26.2 Å². The van der Waals surface area contributed by atoms with Crippen LogP contribution in [0, 0.1) is 34.5 Å². The number of nitrogens with one attached hydrogen (secondary N) is 1. The van der Waals surface area contributed by atoms with Gasteiger partial charge in [-0.3, -0.25) is 9.59 Å². The van der Waals surface area contributed by atoms with Crippen LogP contribution in [0.4, 0.5) is 0 Å². The Hall–Kier alpha value is -3.68. The molecule has 7 nitrogen and oxygen atoms in total. The molecular weight excluding hydrogens is 390 g/mol. The second-order valence-electron chi connectivity index (χ2n) is 7.72. The maximum absolute atomic E-state index is 13.3. The second-order valence-corrected chi connectivity index (χ2v) is 7.72. The van der Waals surface area contributed by atoms with Crippen LogP contribution < -0.4 is 11.1 Å². The minimum Gasteiger partial charge on any atom is -0.369 e. The zero-order chi connectivity index (χ0) is 22.2. The molecule has 1 saturated heterocycles. The largest absolute Gasteiger partial charge is 0.369 e. The number of hydrogen-bond donors (Lipinski definition) is 2.